The molecule has 2 radical (unpaired) electrons. The number of benzene rings is 2. The Morgan fingerprint density at radius 2 is 1.58 bits per heavy atom. The zero-order chi connectivity index (χ0) is 40.1. The molecule has 286 valence electrons. The molecule has 1 heterocycles. The first-order chi connectivity index (χ1) is 25.1. The van der Waals surface area contributed by atoms with Crippen LogP contribution in [0.5, 0.6) is 5.75 Å². The predicted molar refractivity (Wildman–Crippen MR) is 223 cm³/mol. The molecule has 7 heteroatoms. The summed E-state index contributed by atoms with van der Waals surface area (Å²) >= 11 is 1.66. The number of aryl methyl sites for hydroxylation is 4. The minimum Gasteiger partial charge on any atom is -0.490 e. The van der Waals surface area contributed by atoms with Gasteiger partial charge in [0.2, 0.25) is 5.78 Å². The normalized spacial score (nSPS) is 12.7. The third kappa shape index (κ3) is 18.4. The molecular formula is C46H62N2O4S. The lowest BCUT2D eigenvalue weighted by Crippen LogP contribution is -2.24. The Hall–Kier alpha value is -4.15. The Bertz CT molecular complexity index is 1690. The van der Waals surface area contributed by atoms with Gasteiger partial charge in [-0.15, -0.1) is 16.6 Å². The van der Waals surface area contributed by atoms with Crippen LogP contribution in [0.2, 0.25) is 0 Å². The van der Waals surface area contributed by atoms with Crippen LogP contribution in [0.3, 0.4) is 0 Å². The summed E-state index contributed by atoms with van der Waals surface area (Å²) in [5.74, 6) is 2.10. The van der Waals surface area contributed by atoms with Gasteiger partial charge in [0.15, 0.2) is 11.6 Å². The molecule has 1 aliphatic carbocycles. The molecule has 1 aromatic heterocycles. The zero-order valence-corrected chi connectivity index (χ0v) is 34.9. The van der Waals surface area contributed by atoms with Crippen LogP contribution in [0.1, 0.15) is 126 Å². The Balaban J connectivity index is 0.000000681. The van der Waals surface area contributed by atoms with Gasteiger partial charge in [0.05, 0.1) is 6.10 Å². The van der Waals surface area contributed by atoms with E-state index in [0.717, 1.165) is 62.8 Å². The van der Waals surface area contributed by atoms with E-state index in [1.54, 1.807) is 36.8 Å². The van der Waals surface area contributed by atoms with Crippen LogP contribution in [-0.2, 0) is 16.0 Å². The summed E-state index contributed by atoms with van der Waals surface area (Å²) < 4.78 is 6.44. The molecule has 6 nitrogen and oxygen atoms in total. The second-order valence-corrected chi connectivity index (χ2v) is 15.3. The van der Waals surface area contributed by atoms with E-state index in [-0.39, 0.29) is 23.1 Å². The molecule has 0 spiro atoms. The van der Waals surface area contributed by atoms with Gasteiger partial charge in [-0.2, -0.15) is 0 Å². The SMILES string of the molecule is C#CC(=O)/C=C\C(CC(CC)Oc1c(C)cc(-c2nnc(CCCCCC)s2)cc1C)C(=O)C1=C[CH]1.CC.CC(=O)c1ccccc1C.[CH2]C(C)(C)C. The third-order valence-electron chi connectivity index (χ3n) is 7.78. The molecule has 2 unspecified atom stereocenters. The third-order valence-corrected chi connectivity index (χ3v) is 8.81. The summed E-state index contributed by atoms with van der Waals surface area (Å²) in [5.41, 5.74) is 5.89. The van der Waals surface area contributed by atoms with E-state index in [1.807, 2.05) is 65.8 Å². The number of carbonyl (C=O) groups is 3. The van der Waals surface area contributed by atoms with Gasteiger partial charge >= 0.3 is 0 Å². The number of carbonyl (C=O) groups excluding carboxylic acids is 3. The fraction of sp³-hybridized carbons (Fsp3) is 0.457. The van der Waals surface area contributed by atoms with E-state index in [4.69, 9.17) is 11.2 Å². The van der Waals surface area contributed by atoms with E-state index in [0.29, 0.717) is 12.0 Å². The highest BCUT2D eigenvalue weighted by molar-refractivity contribution is 7.14. The van der Waals surface area contributed by atoms with Crippen LogP contribution in [0.4, 0.5) is 0 Å². The van der Waals surface area contributed by atoms with Crippen LogP contribution < -0.4 is 4.74 Å². The largest absolute Gasteiger partial charge is 0.490 e. The second-order valence-electron chi connectivity index (χ2n) is 14.2. The number of hydrogen-bond acceptors (Lipinski definition) is 7. The minimum atomic E-state index is -0.464. The van der Waals surface area contributed by atoms with Crippen molar-refractivity contribution in [3.05, 3.63) is 101 Å². The number of Topliss-reactive ketones (excluding diaryl/α,β-unsaturated/α-hetero) is 2. The maximum atomic E-state index is 12.8. The summed E-state index contributed by atoms with van der Waals surface area (Å²) in [6, 6.07) is 11.8. The van der Waals surface area contributed by atoms with Crippen molar-refractivity contribution in [2.45, 2.75) is 127 Å². The van der Waals surface area contributed by atoms with Crippen molar-refractivity contribution >= 4 is 28.7 Å². The molecule has 0 fully saturated rings. The summed E-state index contributed by atoms with van der Waals surface area (Å²) in [6.07, 6.45) is 18.5. The van der Waals surface area contributed by atoms with Crippen molar-refractivity contribution in [2.75, 3.05) is 0 Å². The molecule has 2 aromatic carbocycles. The van der Waals surface area contributed by atoms with Crippen LogP contribution in [-0.4, -0.2) is 33.7 Å². The first-order valence-electron chi connectivity index (χ1n) is 18.9. The highest BCUT2D eigenvalue weighted by atomic mass is 32.1. The van der Waals surface area contributed by atoms with Crippen molar-refractivity contribution in [3.63, 3.8) is 0 Å². The number of rotatable bonds is 16. The van der Waals surface area contributed by atoms with Gasteiger partial charge in [-0.1, -0.05) is 115 Å². The highest BCUT2D eigenvalue weighted by Crippen LogP contribution is 2.34. The number of unbranched alkanes of at least 4 members (excludes halogenated alkanes) is 3. The smallest absolute Gasteiger partial charge is 0.228 e. The molecule has 0 bridgehead atoms. The Morgan fingerprint density at radius 1 is 0.981 bits per heavy atom. The Labute approximate surface area is 325 Å². The second kappa shape index (κ2) is 24.2. The Morgan fingerprint density at radius 3 is 2.08 bits per heavy atom. The molecule has 53 heavy (non-hydrogen) atoms. The van der Waals surface area contributed by atoms with Crippen molar-refractivity contribution in [3.8, 4) is 28.7 Å². The molecule has 4 rings (SSSR count). The van der Waals surface area contributed by atoms with Gasteiger partial charge in [-0.25, -0.2) is 0 Å². The monoisotopic (exact) mass is 738 g/mol. The topological polar surface area (TPSA) is 86.2 Å². The average molecular weight is 739 g/mol. The first-order valence-corrected chi connectivity index (χ1v) is 19.7. The molecule has 2 atom stereocenters. The quantitative estimate of drug-likeness (QED) is 0.0478. The highest BCUT2D eigenvalue weighted by Gasteiger charge is 2.28. The van der Waals surface area contributed by atoms with Crippen LogP contribution in [0, 0.1) is 57.8 Å². The lowest BCUT2D eigenvalue weighted by Gasteiger charge is -2.23. The summed E-state index contributed by atoms with van der Waals surface area (Å²) in [4.78, 5) is 35.2. The van der Waals surface area contributed by atoms with E-state index in [9.17, 15) is 14.4 Å². The summed E-state index contributed by atoms with van der Waals surface area (Å²) in [6.45, 7) is 25.8. The predicted octanol–water partition coefficient (Wildman–Crippen LogP) is 11.7. The number of terminal acetylenes is 1. The molecule has 0 saturated carbocycles. The number of ketones is 3. The number of nitrogens with zero attached hydrogens (tertiary/aromatic N) is 2. The van der Waals surface area contributed by atoms with Crippen LogP contribution in [0.15, 0.2) is 60.2 Å². The van der Waals surface area contributed by atoms with E-state index in [1.165, 1.54) is 25.3 Å². The molecule has 1 aliphatic rings. The summed E-state index contributed by atoms with van der Waals surface area (Å²) in [7, 11) is 0. The standard InChI is InChI=1S/C30H35N2O3S.C9H10O.C5H11.C2H6/c1-6-9-10-11-12-27-31-32-30(36-27)24-17-20(4)29(21(5)18-24)35-26(8-3)19-23(15-16-25(33)7-2)28(34)22-13-14-22;1-7-5-3-4-6-9(7)8(2)10;1-5(2,3)4;1-2/h2,13-18,23,26H,6,8-12,19H2,1,3-5H3;3-6H,1-2H3;1H2,2-4H3;1-2H3/b16-15-;;;. The molecule has 0 aliphatic heterocycles. The number of aromatic nitrogens is 2. The maximum Gasteiger partial charge on any atom is 0.228 e. The summed E-state index contributed by atoms with van der Waals surface area (Å²) in [5, 5.41) is 10.8. The minimum absolute atomic E-state index is 0.0105. The van der Waals surface area contributed by atoms with Gasteiger partial charge in [-0.05, 0) is 100 Å². The molecular weight excluding hydrogens is 677 g/mol. The molecule has 0 saturated heterocycles. The molecule has 0 N–H and O–H groups in total. The number of hydrogen-bond donors (Lipinski definition) is 0. The van der Waals surface area contributed by atoms with E-state index >= 15 is 0 Å². The Kier molecular flexibility index (Phi) is 21.4. The molecule has 0 amide bonds. The number of allylic oxidation sites excluding steroid dienone is 4. The van der Waals surface area contributed by atoms with Crippen molar-refractivity contribution < 1.29 is 19.1 Å². The fourth-order valence-electron chi connectivity index (χ4n) is 5.09. The fourth-order valence-corrected chi connectivity index (χ4v) is 5.96. The van der Waals surface area contributed by atoms with E-state index < -0.39 is 11.7 Å². The van der Waals surface area contributed by atoms with Crippen LogP contribution >= 0.6 is 11.3 Å². The van der Waals surface area contributed by atoms with Crippen molar-refractivity contribution in [1.82, 2.24) is 10.2 Å². The zero-order valence-electron chi connectivity index (χ0n) is 34.1. The lowest BCUT2D eigenvalue weighted by molar-refractivity contribution is -0.118. The van der Waals surface area contributed by atoms with Crippen LogP contribution in [0.25, 0.3) is 10.6 Å². The van der Waals surface area contributed by atoms with Crippen molar-refractivity contribution in [1.29, 1.82) is 0 Å². The van der Waals surface area contributed by atoms with Gasteiger partial charge in [-0.3, -0.25) is 14.4 Å². The van der Waals surface area contributed by atoms with E-state index in [2.05, 4.69) is 62.9 Å². The van der Waals surface area contributed by atoms with Gasteiger partial charge in [0.1, 0.15) is 15.8 Å². The van der Waals surface area contributed by atoms with Gasteiger partial charge < -0.3 is 4.74 Å². The number of ether oxygens (including phenoxy) is 1. The average Bonchev–Trinajstić information content (AvgIpc) is 3.86. The molecule has 3 aromatic rings. The van der Waals surface area contributed by atoms with Gasteiger partial charge in [0.25, 0.3) is 0 Å². The first kappa shape index (κ1) is 46.9. The lowest BCUT2D eigenvalue weighted by atomic mass is 9.93. The maximum absolute atomic E-state index is 12.8. The van der Waals surface area contributed by atoms with Gasteiger partial charge in [0, 0.05) is 35.5 Å². The van der Waals surface area contributed by atoms with Crippen molar-refractivity contribution in [2.24, 2.45) is 11.3 Å².